The predicted octanol–water partition coefficient (Wildman–Crippen LogP) is 4.91. The zero-order valence-corrected chi connectivity index (χ0v) is 12.9. The molecule has 0 saturated carbocycles. The highest BCUT2D eigenvalue weighted by Crippen LogP contribution is 2.28. The Labute approximate surface area is 132 Å². The Kier molecular flexibility index (Phi) is 3.87. The van der Waals surface area contributed by atoms with Crippen LogP contribution in [0.2, 0.25) is 5.02 Å². The fourth-order valence-electron chi connectivity index (χ4n) is 2.42. The van der Waals surface area contributed by atoms with Gasteiger partial charge in [0.25, 0.3) is 0 Å². The minimum atomic E-state index is -0.358. The van der Waals surface area contributed by atoms with Gasteiger partial charge in [-0.3, -0.25) is 4.57 Å². The number of alkyl halides is 1. The van der Waals surface area contributed by atoms with Crippen molar-refractivity contribution in [2.75, 3.05) is 5.88 Å². The molecule has 0 saturated heterocycles. The van der Waals surface area contributed by atoms with Crippen LogP contribution < -0.4 is 0 Å². The predicted molar refractivity (Wildman–Crippen MR) is 85.2 cm³/mol. The van der Waals surface area contributed by atoms with Crippen molar-refractivity contribution in [1.29, 1.82) is 0 Å². The molecule has 0 amide bonds. The van der Waals surface area contributed by atoms with Gasteiger partial charge in [-0.1, -0.05) is 17.7 Å². The number of halogens is 3. The van der Waals surface area contributed by atoms with Gasteiger partial charge in [0.15, 0.2) is 0 Å². The first-order valence-electron chi connectivity index (χ1n) is 6.59. The smallest absolute Gasteiger partial charge is 0.124 e. The summed E-state index contributed by atoms with van der Waals surface area (Å²) in [5.41, 5.74) is 3.67. The Bertz CT molecular complexity index is 811. The van der Waals surface area contributed by atoms with Crippen LogP contribution in [0.15, 0.2) is 36.4 Å². The van der Waals surface area contributed by atoms with Gasteiger partial charge in [0.05, 0.1) is 21.7 Å². The van der Waals surface area contributed by atoms with E-state index in [1.807, 2.05) is 29.7 Å². The second-order valence-corrected chi connectivity index (χ2v) is 5.68. The lowest BCUT2D eigenvalue weighted by molar-refractivity contribution is 0.627. The minimum Gasteiger partial charge on any atom is -0.295 e. The molecule has 5 heteroatoms. The molecule has 0 aliphatic heterocycles. The van der Waals surface area contributed by atoms with Crippen LogP contribution in [0.4, 0.5) is 4.39 Å². The van der Waals surface area contributed by atoms with Gasteiger partial charge >= 0.3 is 0 Å². The van der Waals surface area contributed by atoms with Crippen molar-refractivity contribution in [1.82, 2.24) is 9.55 Å². The van der Waals surface area contributed by atoms with Crippen molar-refractivity contribution in [3.8, 4) is 5.69 Å². The monoisotopic (exact) mass is 322 g/mol. The summed E-state index contributed by atoms with van der Waals surface area (Å²) < 4.78 is 15.2. The highest BCUT2D eigenvalue weighted by atomic mass is 35.5. The second-order valence-electron chi connectivity index (χ2n) is 4.89. The standard InChI is InChI=1S/C16H13Cl2FN2/c1-10-2-4-15-13(8-10)20-16(6-7-17)21(15)14-5-3-11(19)9-12(14)18/h2-5,8-9H,6-7H2,1H3. The van der Waals surface area contributed by atoms with Gasteiger partial charge in [0.1, 0.15) is 11.6 Å². The van der Waals surface area contributed by atoms with E-state index in [-0.39, 0.29) is 5.82 Å². The number of hydrogen-bond acceptors (Lipinski definition) is 1. The van der Waals surface area contributed by atoms with Crippen molar-refractivity contribution in [2.24, 2.45) is 0 Å². The largest absolute Gasteiger partial charge is 0.295 e. The number of rotatable bonds is 3. The van der Waals surface area contributed by atoms with E-state index in [0.29, 0.717) is 23.0 Å². The highest BCUT2D eigenvalue weighted by molar-refractivity contribution is 6.32. The van der Waals surface area contributed by atoms with E-state index in [2.05, 4.69) is 4.98 Å². The summed E-state index contributed by atoms with van der Waals surface area (Å²) in [6.45, 7) is 2.02. The number of nitrogens with zero attached hydrogens (tertiary/aromatic N) is 2. The Morgan fingerprint density at radius 3 is 2.71 bits per heavy atom. The molecule has 0 spiro atoms. The summed E-state index contributed by atoms with van der Waals surface area (Å²) in [7, 11) is 0. The molecule has 108 valence electrons. The molecule has 21 heavy (non-hydrogen) atoms. The molecule has 0 unspecified atom stereocenters. The molecule has 0 N–H and O–H groups in total. The fraction of sp³-hybridized carbons (Fsp3) is 0.188. The fourth-order valence-corrected chi connectivity index (χ4v) is 2.84. The molecule has 0 atom stereocenters. The minimum absolute atomic E-state index is 0.352. The van der Waals surface area contributed by atoms with Crippen LogP contribution in [0.5, 0.6) is 0 Å². The maximum Gasteiger partial charge on any atom is 0.124 e. The lowest BCUT2D eigenvalue weighted by atomic mass is 10.2. The van der Waals surface area contributed by atoms with Crippen LogP contribution in [0, 0.1) is 12.7 Å². The van der Waals surface area contributed by atoms with E-state index in [1.165, 1.54) is 12.1 Å². The molecule has 0 radical (unpaired) electrons. The number of fused-ring (bicyclic) bond motifs is 1. The van der Waals surface area contributed by atoms with Crippen LogP contribution in [0.3, 0.4) is 0 Å². The summed E-state index contributed by atoms with van der Waals surface area (Å²) in [5.74, 6) is 0.920. The molecular weight excluding hydrogens is 310 g/mol. The van der Waals surface area contributed by atoms with Crippen molar-refractivity contribution < 1.29 is 4.39 Å². The maximum absolute atomic E-state index is 13.3. The molecule has 1 aromatic heterocycles. The van der Waals surface area contributed by atoms with Gasteiger partial charge in [-0.15, -0.1) is 11.6 Å². The van der Waals surface area contributed by atoms with Crippen LogP contribution in [0.25, 0.3) is 16.7 Å². The molecule has 0 aliphatic carbocycles. The third kappa shape index (κ3) is 2.63. The molecule has 0 bridgehead atoms. The van der Waals surface area contributed by atoms with E-state index < -0.39 is 0 Å². The number of imidazole rings is 1. The first-order valence-corrected chi connectivity index (χ1v) is 7.51. The van der Waals surface area contributed by atoms with Crippen molar-refractivity contribution >= 4 is 34.2 Å². The lowest BCUT2D eigenvalue weighted by Crippen LogP contribution is -2.03. The number of aromatic nitrogens is 2. The van der Waals surface area contributed by atoms with Crippen molar-refractivity contribution in [3.05, 3.63) is 58.6 Å². The van der Waals surface area contributed by atoms with Crippen molar-refractivity contribution in [2.45, 2.75) is 13.3 Å². The molecule has 3 aromatic rings. The van der Waals surface area contributed by atoms with E-state index in [9.17, 15) is 4.39 Å². The SMILES string of the molecule is Cc1ccc2c(c1)nc(CCCl)n2-c1ccc(F)cc1Cl. The summed E-state index contributed by atoms with van der Waals surface area (Å²) in [6.07, 6.45) is 0.614. The Hall–Kier alpha value is -1.58. The van der Waals surface area contributed by atoms with Gasteiger partial charge in [-0.25, -0.2) is 9.37 Å². The maximum atomic E-state index is 13.3. The van der Waals surface area contributed by atoms with E-state index >= 15 is 0 Å². The topological polar surface area (TPSA) is 17.8 Å². The van der Waals surface area contributed by atoms with E-state index in [1.54, 1.807) is 6.07 Å². The molecular formula is C16H13Cl2FN2. The van der Waals surface area contributed by atoms with Crippen LogP contribution in [-0.4, -0.2) is 15.4 Å². The summed E-state index contributed by atoms with van der Waals surface area (Å²) in [5, 5.41) is 0.352. The molecule has 2 nitrogen and oxygen atoms in total. The summed E-state index contributed by atoms with van der Waals surface area (Å²) in [6, 6.07) is 10.4. The van der Waals surface area contributed by atoms with Crippen molar-refractivity contribution in [3.63, 3.8) is 0 Å². The first-order chi connectivity index (χ1) is 10.1. The van der Waals surface area contributed by atoms with Gasteiger partial charge in [0, 0.05) is 12.3 Å². The second kappa shape index (κ2) is 5.66. The lowest BCUT2D eigenvalue weighted by Gasteiger charge is -2.10. The number of hydrogen-bond donors (Lipinski definition) is 0. The van der Waals surface area contributed by atoms with Gasteiger partial charge < -0.3 is 0 Å². The molecule has 2 aromatic carbocycles. The van der Waals surface area contributed by atoms with E-state index in [4.69, 9.17) is 23.2 Å². The number of benzene rings is 2. The Balaban J connectivity index is 2.30. The molecule has 3 rings (SSSR count). The molecule has 0 fully saturated rings. The molecule has 0 aliphatic rings. The summed E-state index contributed by atoms with van der Waals surface area (Å²) in [4.78, 5) is 4.63. The summed E-state index contributed by atoms with van der Waals surface area (Å²) >= 11 is 12.1. The Morgan fingerprint density at radius 2 is 2.00 bits per heavy atom. The third-order valence-corrected chi connectivity index (χ3v) is 3.84. The van der Waals surface area contributed by atoms with Gasteiger partial charge in [-0.2, -0.15) is 0 Å². The van der Waals surface area contributed by atoms with E-state index in [0.717, 1.165) is 22.4 Å². The average Bonchev–Trinajstić information content (AvgIpc) is 2.76. The zero-order chi connectivity index (χ0) is 15.0. The molecule has 1 heterocycles. The van der Waals surface area contributed by atoms with Gasteiger partial charge in [-0.05, 0) is 42.8 Å². The number of aryl methyl sites for hydroxylation is 2. The Morgan fingerprint density at radius 1 is 1.19 bits per heavy atom. The van der Waals surface area contributed by atoms with Gasteiger partial charge in [0.2, 0.25) is 0 Å². The van der Waals surface area contributed by atoms with Crippen LogP contribution >= 0.6 is 23.2 Å². The third-order valence-electron chi connectivity index (χ3n) is 3.35. The quantitative estimate of drug-likeness (QED) is 0.626. The average molecular weight is 323 g/mol. The zero-order valence-electron chi connectivity index (χ0n) is 11.4. The first kappa shape index (κ1) is 14.4. The van der Waals surface area contributed by atoms with Crippen LogP contribution in [0.1, 0.15) is 11.4 Å². The van der Waals surface area contributed by atoms with Crippen LogP contribution in [-0.2, 0) is 6.42 Å². The normalized spacial score (nSPS) is 11.2. The highest BCUT2D eigenvalue weighted by Gasteiger charge is 2.14.